The van der Waals surface area contributed by atoms with E-state index in [1.54, 1.807) is 25.1 Å². The van der Waals surface area contributed by atoms with Crippen LogP contribution in [0.3, 0.4) is 0 Å². The van der Waals surface area contributed by atoms with Gasteiger partial charge in [-0.2, -0.15) is 0 Å². The standard InChI is InChI=1S/C10H11Cl2NO/c1-6(12)10(14)7-2-3-9(13)8(4-7)5-11/h2-4,6H,5,13H2,1H3. The van der Waals surface area contributed by atoms with Gasteiger partial charge in [0.2, 0.25) is 0 Å². The van der Waals surface area contributed by atoms with Crippen molar-refractivity contribution in [1.82, 2.24) is 0 Å². The van der Waals surface area contributed by atoms with Crippen LogP contribution in [0.4, 0.5) is 5.69 Å². The summed E-state index contributed by atoms with van der Waals surface area (Å²) in [5, 5.41) is -0.526. The Labute approximate surface area is 93.0 Å². The molecule has 1 aromatic carbocycles. The first-order valence-corrected chi connectivity index (χ1v) is 5.16. The van der Waals surface area contributed by atoms with E-state index < -0.39 is 5.38 Å². The van der Waals surface area contributed by atoms with Crippen molar-refractivity contribution in [3.63, 3.8) is 0 Å². The summed E-state index contributed by atoms with van der Waals surface area (Å²) in [6.45, 7) is 1.64. The Morgan fingerprint density at radius 1 is 1.57 bits per heavy atom. The molecule has 2 nitrogen and oxygen atoms in total. The highest BCUT2D eigenvalue weighted by Gasteiger charge is 2.13. The monoisotopic (exact) mass is 231 g/mol. The summed E-state index contributed by atoms with van der Waals surface area (Å²) < 4.78 is 0. The number of nitrogen functional groups attached to an aromatic ring is 1. The molecular formula is C10H11Cl2NO. The van der Waals surface area contributed by atoms with E-state index in [9.17, 15) is 4.79 Å². The Balaban J connectivity index is 3.06. The Bertz CT molecular complexity index is 350. The molecule has 1 rings (SSSR count). The summed E-state index contributed by atoms with van der Waals surface area (Å²) in [5.74, 6) is 0.182. The number of alkyl halides is 2. The molecule has 0 aliphatic heterocycles. The largest absolute Gasteiger partial charge is 0.398 e. The van der Waals surface area contributed by atoms with Gasteiger partial charge in [0.05, 0.1) is 5.38 Å². The summed E-state index contributed by atoms with van der Waals surface area (Å²) >= 11 is 11.3. The van der Waals surface area contributed by atoms with Crippen LogP contribution in [0.1, 0.15) is 22.8 Å². The van der Waals surface area contributed by atoms with Gasteiger partial charge in [-0.15, -0.1) is 23.2 Å². The third kappa shape index (κ3) is 2.40. The molecule has 0 aliphatic carbocycles. The van der Waals surface area contributed by atoms with Crippen molar-refractivity contribution in [2.75, 3.05) is 5.73 Å². The van der Waals surface area contributed by atoms with Gasteiger partial charge in [0, 0.05) is 17.1 Å². The number of rotatable bonds is 3. The average Bonchev–Trinajstić information content (AvgIpc) is 2.17. The van der Waals surface area contributed by atoms with Gasteiger partial charge < -0.3 is 5.73 Å². The zero-order chi connectivity index (χ0) is 10.7. The predicted molar refractivity (Wildman–Crippen MR) is 60.1 cm³/mol. The average molecular weight is 232 g/mol. The lowest BCUT2D eigenvalue weighted by Crippen LogP contribution is -2.11. The second kappa shape index (κ2) is 4.67. The molecule has 0 radical (unpaired) electrons. The number of hydrogen-bond acceptors (Lipinski definition) is 2. The van der Waals surface area contributed by atoms with E-state index in [4.69, 9.17) is 28.9 Å². The first-order valence-electron chi connectivity index (χ1n) is 4.19. The molecule has 2 N–H and O–H groups in total. The van der Waals surface area contributed by atoms with Gasteiger partial charge in [-0.3, -0.25) is 4.79 Å². The van der Waals surface area contributed by atoms with Crippen molar-refractivity contribution < 1.29 is 4.79 Å². The normalized spacial score (nSPS) is 12.5. The van der Waals surface area contributed by atoms with E-state index >= 15 is 0 Å². The molecule has 0 bridgehead atoms. The lowest BCUT2D eigenvalue weighted by molar-refractivity contribution is 0.0991. The topological polar surface area (TPSA) is 43.1 Å². The molecule has 0 saturated carbocycles. The molecule has 4 heteroatoms. The molecule has 0 amide bonds. The van der Waals surface area contributed by atoms with E-state index in [0.29, 0.717) is 17.1 Å². The molecule has 14 heavy (non-hydrogen) atoms. The molecule has 1 aromatic rings. The van der Waals surface area contributed by atoms with Crippen LogP contribution in [0.2, 0.25) is 0 Å². The Kier molecular flexibility index (Phi) is 3.78. The van der Waals surface area contributed by atoms with E-state index in [-0.39, 0.29) is 5.78 Å². The van der Waals surface area contributed by atoms with Crippen LogP contribution in [0, 0.1) is 0 Å². The van der Waals surface area contributed by atoms with Crippen molar-refractivity contribution >= 4 is 34.7 Å². The Hall–Kier alpha value is -0.730. The summed E-state index contributed by atoms with van der Waals surface area (Å²) in [6.07, 6.45) is 0. The van der Waals surface area contributed by atoms with Crippen LogP contribution >= 0.6 is 23.2 Å². The molecule has 0 saturated heterocycles. The minimum Gasteiger partial charge on any atom is -0.398 e. The van der Waals surface area contributed by atoms with Crippen LogP contribution in [-0.2, 0) is 5.88 Å². The summed E-state index contributed by atoms with van der Waals surface area (Å²) in [6, 6.07) is 5.01. The highest BCUT2D eigenvalue weighted by Crippen LogP contribution is 2.18. The zero-order valence-corrected chi connectivity index (χ0v) is 9.27. The van der Waals surface area contributed by atoms with Crippen molar-refractivity contribution in [2.45, 2.75) is 18.2 Å². The first-order chi connectivity index (χ1) is 6.56. The van der Waals surface area contributed by atoms with Gasteiger partial charge in [-0.25, -0.2) is 0 Å². The molecule has 0 fully saturated rings. The number of benzene rings is 1. The molecule has 0 aromatic heterocycles. The number of nitrogens with two attached hydrogens (primary N) is 1. The van der Waals surface area contributed by atoms with Gasteiger partial charge in [-0.05, 0) is 30.7 Å². The Morgan fingerprint density at radius 3 is 2.71 bits per heavy atom. The number of carbonyl (C=O) groups excluding carboxylic acids is 1. The van der Waals surface area contributed by atoms with Crippen LogP contribution in [0.25, 0.3) is 0 Å². The quantitative estimate of drug-likeness (QED) is 0.494. The third-order valence-electron chi connectivity index (χ3n) is 1.93. The number of hydrogen-bond donors (Lipinski definition) is 1. The lowest BCUT2D eigenvalue weighted by Gasteiger charge is -2.06. The molecular weight excluding hydrogens is 221 g/mol. The predicted octanol–water partition coefficient (Wildman–Crippen LogP) is 2.82. The maximum Gasteiger partial charge on any atom is 0.180 e. The van der Waals surface area contributed by atoms with Crippen molar-refractivity contribution in [1.29, 1.82) is 0 Å². The van der Waals surface area contributed by atoms with Crippen LogP contribution in [-0.4, -0.2) is 11.2 Å². The summed E-state index contributed by atoms with van der Waals surface area (Å²) in [7, 11) is 0. The van der Waals surface area contributed by atoms with Crippen molar-refractivity contribution in [3.8, 4) is 0 Å². The van der Waals surface area contributed by atoms with Crippen LogP contribution in [0.15, 0.2) is 18.2 Å². The number of anilines is 1. The van der Waals surface area contributed by atoms with Crippen molar-refractivity contribution in [2.24, 2.45) is 0 Å². The highest BCUT2D eigenvalue weighted by atomic mass is 35.5. The van der Waals surface area contributed by atoms with Gasteiger partial charge >= 0.3 is 0 Å². The fraction of sp³-hybridized carbons (Fsp3) is 0.300. The maximum absolute atomic E-state index is 11.5. The second-order valence-electron chi connectivity index (χ2n) is 3.03. The van der Waals surface area contributed by atoms with E-state index in [2.05, 4.69) is 0 Å². The maximum atomic E-state index is 11.5. The van der Waals surface area contributed by atoms with Gasteiger partial charge in [0.1, 0.15) is 0 Å². The number of ketones is 1. The van der Waals surface area contributed by atoms with Gasteiger partial charge in [0.25, 0.3) is 0 Å². The minimum absolute atomic E-state index is 0.113. The zero-order valence-electron chi connectivity index (χ0n) is 7.76. The molecule has 76 valence electrons. The lowest BCUT2D eigenvalue weighted by atomic mass is 10.0. The number of Topliss-reactive ketones (excluding diaryl/α,β-unsaturated/α-hetero) is 1. The molecule has 0 heterocycles. The molecule has 0 spiro atoms. The molecule has 1 atom stereocenters. The third-order valence-corrected chi connectivity index (χ3v) is 2.42. The molecule has 1 unspecified atom stereocenters. The van der Waals surface area contributed by atoms with E-state index in [1.165, 1.54) is 0 Å². The van der Waals surface area contributed by atoms with Crippen LogP contribution in [0.5, 0.6) is 0 Å². The number of carbonyl (C=O) groups is 1. The van der Waals surface area contributed by atoms with Gasteiger partial charge in [0.15, 0.2) is 5.78 Å². The number of halogens is 2. The highest BCUT2D eigenvalue weighted by molar-refractivity contribution is 6.33. The van der Waals surface area contributed by atoms with E-state index in [1.807, 2.05) is 0 Å². The first kappa shape index (κ1) is 11.3. The smallest absolute Gasteiger partial charge is 0.180 e. The SMILES string of the molecule is CC(Cl)C(=O)c1ccc(N)c(CCl)c1. The Morgan fingerprint density at radius 2 is 2.21 bits per heavy atom. The summed E-state index contributed by atoms with van der Waals surface area (Å²) in [4.78, 5) is 11.5. The summed E-state index contributed by atoms with van der Waals surface area (Å²) in [5.41, 5.74) is 7.56. The van der Waals surface area contributed by atoms with E-state index in [0.717, 1.165) is 5.56 Å². The van der Waals surface area contributed by atoms with Crippen molar-refractivity contribution in [3.05, 3.63) is 29.3 Å². The fourth-order valence-electron chi connectivity index (χ4n) is 1.10. The molecule has 0 aliphatic rings. The minimum atomic E-state index is -0.526. The second-order valence-corrected chi connectivity index (χ2v) is 3.95. The van der Waals surface area contributed by atoms with Gasteiger partial charge in [-0.1, -0.05) is 0 Å². The van der Waals surface area contributed by atoms with Crippen LogP contribution < -0.4 is 5.73 Å². The fourth-order valence-corrected chi connectivity index (χ4v) is 1.46.